The summed E-state index contributed by atoms with van der Waals surface area (Å²) in [6.07, 6.45) is 1.59. The van der Waals surface area contributed by atoms with Gasteiger partial charge in [0, 0.05) is 29.1 Å². The summed E-state index contributed by atoms with van der Waals surface area (Å²) >= 11 is 6.15. The minimum atomic E-state index is -0.449. The Morgan fingerprint density at radius 3 is 2.92 bits per heavy atom. The fourth-order valence-corrected chi connectivity index (χ4v) is 3.10. The van der Waals surface area contributed by atoms with E-state index in [0.717, 1.165) is 5.56 Å². The van der Waals surface area contributed by atoms with Gasteiger partial charge in [-0.15, -0.1) is 0 Å². The largest absolute Gasteiger partial charge is 0.467 e. The molecule has 0 amide bonds. The molecule has 6 nitrogen and oxygen atoms in total. The highest BCUT2D eigenvalue weighted by molar-refractivity contribution is 6.31. The van der Waals surface area contributed by atoms with Crippen LogP contribution in [0.25, 0.3) is 6.08 Å². The SMILES string of the molecule is CC(=O)Oc1ccc2c(c1)OC(=Cc1cc(Cl)cc3c1OCOC3)C2=O. The van der Waals surface area contributed by atoms with Gasteiger partial charge >= 0.3 is 5.97 Å². The summed E-state index contributed by atoms with van der Waals surface area (Å²) in [6, 6.07) is 8.08. The molecule has 0 saturated carbocycles. The van der Waals surface area contributed by atoms with Crippen LogP contribution < -0.4 is 14.2 Å². The molecule has 2 aliphatic rings. The van der Waals surface area contributed by atoms with Gasteiger partial charge in [-0.2, -0.15) is 0 Å². The Hall–Kier alpha value is -2.83. The van der Waals surface area contributed by atoms with Crippen molar-refractivity contribution in [3.63, 3.8) is 0 Å². The lowest BCUT2D eigenvalue weighted by molar-refractivity contribution is -0.131. The van der Waals surface area contributed by atoms with Gasteiger partial charge in [0.2, 0.25) is 5.78 Å². The van der Waals surface area contributed by atoms with Crippen LogP contribution in [0.2, 0.25) is 5.02 Å². The van der Waals surface area contributed by atoms with Crippen LogP contribution in [0, 0.1) is 0 Å². The van der Waals surface area contributed by atoms with E-state index >= 15 is 0 Å². The molecule has 0 bridgehead atoms. The van der Waals surface area contributed by atoms with E-state index in [1.807, 2.05) is 0 Å². The van der Waals surface area contributed by atoms with Gasteiger partial charge in [-0.25, -0.2) is 0 Å². The average Bonchev–Trinajstić information content (AvgIpc) is 2.89. The topological polar surface area (TPSA) is 71.1 Å². The van der Waals surface area contributed by atoms with Crippen molar-refractivity contribution in [2.24, 2.45) is 0 Å². The second-order valence-corrected chi connectivity index (χ2v) is 6.22. The van der Waals surface area contributed by atoms with Crippen molar-refractivity contribution in [3.05, 3.63) is 57.8 Å². The zero-order valence-corrected chi connectivity index (χ0v) is 14.5. The summed E-state index contributed by atoms with van der Waals surface area (Å²) in [4.78, 5) is 23.7. The second-order valence-electron chi connectivity index (χ2n) is 5.79. The van der Waals surface area contributed by atoms with Crippen LogP contribution >= 0.6 is 11.6 Å². The van der Waals surface area contributed by atoms with Gasteiger partial charge in [0.25, 0.3) is 0 Å². The lowest BCUT2D eigenvalue weighted by Gasteiger charge is -2.20. The number of carbonyl (C=O) groups is 2. The summed E-state index contributed by atoms with van der Waals surface area (Å²) in [5.41, 5.74) is 1.83. The third-order valence-electron chi connectivity index (χ3n) is 3.89. The molecule has 0 atom stereocenters. The summed E-state index contributed by atoms with van der Waals surface area (Å²) in [7, 11) is 0. The van der Waals surface area contributed by atoms with Gasteiger partial charge in [0.15, 0.2) is 12.6 Å². The van der Waals surface area contributed by atoms with Crippen molar-refractivity contribution < 1.29 is 28.5 Å². The average molecular weight is 373 g/mol. The Morgan fingerprint density at radius 1 is 1.27 bits per heavy atom. The lowest BCUT2D eigenvalue weighted by atomic mass is 10.1. The summed E-state index contributed by atoms with van der Waals surface area (Å²) < 4.78 is 21.5. The van der Waals surface area contributed by atoms with Crippen LogP contribution in [0.4, 0.5) is 0 Å². The minimum absolute atomic E-state index is 0.131. The number of ketones is 1. The van der Waals surface area contributed by atoms with E-state index in [2.05, 4.69) is 0 Å². The maximum absolute atomic E-state index is 12.6. The van der Waals surface area contributed by atoms with Crippen LogP contribution in [0.3, 0.4) is 0 Å². The van der Waals surface area contributed by atoms with E-state index in [9.17, 15) is 9.59 Å². The van der Waals surface area contributed by atoms with E-state index in [1.165, 1.54) is 13.0 Å². The maximum Gasteiger partial charge on any atom is 0.308 e. The van der Waals surface area contributed by atoms with Crippen molar-refractivity contribution in [1.82, 2.24) is 0 Å². The molecule has 0 unspecified atom stereocenters. The van der Waals surface area contributed by atoms with Crippen LogP contribution in [0.15, 0.2) is 36.1 Å². The number of carbonyl (C=O) groups excluding carboxylic acids is 2. The third kappa shape index (κ3) is 3.05. The molecule has 0 fully saturated rings. The standard InChI is InChI=1S/C19H13ClO6/c1-10(21)25-14-2-3-15-16(7-14)26-17(18(15)22)6-11-4-13(20)5-12-8-23-9-24-19(11)12/h2-7H,8-9H2,1H3. The minimum Gasteiger partial charge on any atom is -0.467 e. The number of benzene rings is 2. The lowest BCUT2D eigenvalue weighted by Crippen LogP contribution is -2.12. The zero-order chi connectivity index (χ0) is 18.3. The molecule has 2 aromatic carbocycles. The van der Waals surface area contributed by atoms with Crippen LogP contribution in [-0.4, -0.2) is 18.5 Å². The molecule has 0 spiro atoms. The molecule has 2 aliphatic heterocycles. The predicted octanol–water partition coefficient (Wildman–Crippen LogP) is 3.75. The molecule has 132 valence electrons. The first kappa shape index (κ1) is 16.6. The third-order valence-corrected chi connectivity index (χ3v) is 4.11. The number of ether oxygens (including phenoxy) is 4. The molecular weight excluding hydrogens is 360 g/mol. The molecule has 0 N–H and O–H groups in total. The molecule has 0 aromatic heterocycles. The Bertz CT molecular complexity index is 963. The van der Waals surface area contributed by atoms with Crippen LogP contribution in [0.5, 0.6) is 17.2 Å². The van der Waals surface area contributed by atoms with Crippen molar-refractivity contribution in [3.8, 4) is 17.2 Å². The van der Waals surface area contributed by atoms with Gasteiger partial charge in [-0.05, 0) is 30.3 Å². The number of Topliss-reactive ketones (excluding diaryl/α,β-unsaturated/α-hetero) is 1. The summed E-state index contributed by atoms with van der Waals surface area (Å²) in [5, 5.41) is 0.504. The molecule has 0 radical (unpaired) electrons. The van der Waals surface area contributed by atoms with Gasteiger partial charge in [-0.3, -0.25) is 9.59 Å². The normalized spacial score (nSPS) is 16.5. The summed E-state index contributed by atoms with van der Waals surface area (Å²) in [5.74, 6) is 0.678. The first-order valence-electron chi connectivity index (χ1n) is 7.81. The predicted molar refractivity (Wildman–Crippen MR) is 92.4 cm³/mol. The second kappa shape index (κ2) is 6.48. The fraction of sp³-hybridized carbons (Fsp3) is 0.158. The highest BCUT2D eigenvalue weighted by Crippen LogP contribution is 2.38. The molecule has 26 heavy (non-hydrogen) atoms. The number of fused-ring (bicyclic) bond motifs is 2. The number of halogens is 1. The van der Waals surface area contributed by atoms with E-state index in [0.29, 0.717) is 40.0 Å². The van der Waals surface area contributed by atoms with E-state index in [-0.39, 0.29) is 18.3 Å². The molecule has 0 saturated heterocycles. The van der Waals surface area contributed by atoms with Crippen LogP contribution in [-0.2, 0) is 16.1 Å². The quantitative estimate of drug-likeness (QED) is 0.454. The molecule has 4 rings (SSSR count). The van der Waals surface area contributed by atoms with E-state index in [1.54, 1.807) is 30.3 Å². The summed E-state index contributed by atoms with van der Waals surface area (Å²) in [6.45, 7) is 1.81. The maximum atomic E-state index is 12.6. The number of esters is 1. The van der Waals surface area contributed by atoms with Crippen molar-refractivity contribution in [2.45, 2.75) is 13.5 Å². The number of rotatable bonds is 2. The Morgan fingerprint density at radius 2 is 2.12 bits per heavy atom. The van der Waals surface area contributed by atoms with Crippen molar-refractivity contribution in [1.29, 1.82) is 0 Å². The molecule has 2 heterocycles. The Labute approximate surface area is 153 Å². The molecule has 2 aromatic rings. The smallest absolute Gasteiger partial charge is 0.308 e. The number of hydrogen-bond acceptors (Lipinski definition) is 6. The highest BCUT2D eigenvalue weighted by atomic mass is 35.5. The van der Waals surface area contributed by atoms with Crippen molar-refractivity contribution >= 4 is 29.4 Å². The Kier molecular flexibility index (Phi) is 4.14. The van der Waals surface area contributed by atoms with Gasteiger partial charge in [0.1, 0.15) is 17.2 Å². The molecule has 0 aliphatic carbocycles. The first-order chi connectivity index (χ1) is 12.5. The van der Waals surface area contributed by atoms with E-state index in [4.69, 9.17) is 30.5 Å². The Balaban J connectivity index is 1.70. The highest BCUT2D eigenvalue weighted by Gasteiger charge is 2.29. The van der Waals surface area contributed by atoms with Gasteiger partial charge < -0.3 is 18.9 Å². The van der Waals surface area contributed by atoms with Gasteiger partial charge in [-0.1, -0.05) is 11.6 Å². The van der Waals surface area contributed by atoms with Gasteiger partial charge in [0.05, 0.1) is 12.2 Å². The van der Waals surface area contributed by atoms with E-state index < -0.39 is 5.97 Å². The molecule has 7 heteroatoms. The van der Waals surface area contributed by atoms with Crippen LogP contribution in [0.1, 0.15) is 28.4 Å². The molecular formula is C19H13ClO6. The number of allylic oxidation sites excluding steroid dienone is 1. The zero-order valence-electron chi connectivity index (χ0n) is 13.7. The number of hydrogen-bond donors (Lipinski definition) is 0. The van der Waals surface area contributed by atoms with Crippen molar-refractivity contribution in [2.75, 3.05) is 6.79 Å². The first-order valence-corrected chi connectivity index (χ1v) is 8.19. The monoisotopic (exact) mass is 372 g/mol. The fourth-order valence-electron chi connectivity index (χ4n) is 2.85.